The number of hydrogen-bond donors (Lipinski definition) is 0. The first-order valence-corrected chi connectivity index (χ1v) is 12.4. The van der Waals surface area contributed by atoms with Crippen LogP contribution in [0.4, 0.5) is 10.1 Å². The van der Waals surface area contributed by atoms with E-state index in [1.54, 1.807) is 21.8 Å². The zero-order chi connectivity index (χ0) is 26.6. The molecule has 2 aromatic heterocycles. The second kappa shape index (κ2) is 9.16. The molecule has 0 saturated carbocycles. The quantitative estimate of drug-likeness (QED) is 0.342. The van der Waals surface area contributed by atoms with Crippen LogP contribution in [0.3, 0.4) is 0 Å². The van der Waals surface area contributed by atoms with E-state index in [0.717, 1.165) is 16.5 Å². The minimum absolute atomic E-state index is 0.136. The standard InChI is InChI=1S/C28H26ClFN6O/c1-6-22(37)36-16(3)13-35(14-17(36)4)27-19(10-31)11-32-26-20(27)9-21(29)24(25(26)30)23-15(2)7-8-18-12-33-34(5)28(18)23/h6-9,11-12,16-17H,1,13-14H2,2-5H3/t16-,17+. The minimum atomic E-state index is -0.549. The summed E-state index contributed by atoms with van der Waals surface area (Å²) in [6.45, 7) is 10.3. The highest BCUT2D eigenvalue weighted by atomic mass is 35.5. The highest BCUT2D eigenvalue weighted by molar-refractivity contribution is 6.35. The molecule has 9 heteroatoms. The fourth-order valence-electron chi connectivity index (χ4n) is 5.63. The highest BCUT2D eigenvalue weighted by Gasteiger charge is 2.34. The fourth-order valence-corrected chi connectivity index (χ4v) is 5.92. The van der Waals surface area contributed by atoms with Crippen LogP contribution in [0.5, 0.6) is 0 Å². The van der Waals surface area contributed by atoms with Gasteiger partial charge in [-0.3, -0.25) is 14.5 Å². The van der Waals surface area contributed by atoms with Crippen LogP contribution in [0.1, 0.15) is 25.0 Å². The number of aryl methyl sites for hydroxylation is 2. The monoisotopic (exact) mass is 516 g/mol. The van der Waals surface area contributed by atoms with Crippen molar-refractivity contribution in [1.82, 2.24) is 19.7 Å². The number of fused-ring (bicyclic) bond motifs is 2. The van der Waals surface area contributed by atoms with Gasteiger partial charge in [-0.05, 0) is 38.5 Å². The number of rotatable bonds is 3. The number of piperazine rings is 1. The first-order valence-electron chi connectivity index (χ1n) is 12.0. The first kappa shape index (κ1) is 24.7. The Hall–Kier alpha value is -3.96. The predicted octanol–water partition coefficient (Wildman–Crippen LogP) is 5.37. The molecule has 1 amide bonds. The zero-order valence-corrected chi connectivity index (χ0v) is 21.8. The molecule has 1 aliphatic heterocycles. The van der Waals surface area contributed by atoms with E-state index in [0.29, 0.717) is 35.3 Å². The molecule has 5 rings (SSSR count). The van der Waals surface area contributed by atoms with Crippen molar-refractivity contribution in [2.75, 3.05) is 18.0 Å². The molecule has 3 heterocycles. The molecular formula is C28H26ClFN6O. The maximum absolute atomic E-state index is 16.4. The van der Waals surface area contributed by atoms with E-state index in [9.17, 15) is 10.1 Å². The van der Waals surface area contributed by atoms with Gasteiger partial charge in [-0.25, -0.2) is 4.39 Å². The summed E-state index contributed by atoms with van der Waals surface area (Å²) < 4.78 is 18.1. The zero-order valence-electron chi connectivity index (χ0n) is 21.1. The van der Waals surface area contributed by atoms with Gasteiger partial charge in [-0.15, -0.1) is 0 Å². The van der Waals surface area contributed by atoms with Crippen LogP contribution in [-0.4, -0.2) is 50.7 Å². The summed E-state index contributed by atoms with van der Waals surface area (Å²) in [5, 5.41) is 15.8. The molecule has 37 heavy (non-hydrogen) atoms. The average Bonchev–Trinajstić information content (AvgIpc) is 3.24. The van der Waals surface area contributed by atoms with Gasteiger partial charge < -0.3 is 9.80 Å². The van der Waals surface area contributed by atoms with Gasteiger partial charge >= 0.3 is 0 Å². The number of aromatic nitrogens is 3. The van der Waals surface area contributed by atoms with Crippen LogP contribution in [-0.2, 0) is 11.8 Å². The number of amides is 1. The van der Waals surface area contributed by atoms with Crippen LogP contribution in [0.25, 0.3) is 32.9 Å². The van der Waals surface area contributed by atoms with Gasteiger partial charge in [0, 0.05) is 60.3 Å². The predicted molar refractivity (Wildman–Crippen MR) is 144 cm³/mol. The molecule has 2 atom stereocenters. The Kier molecular flexibility index (Phi) is 6.12. The van der Waals surface area contributed by atoms with Gasteiger partial charge in [-0.1, -0.05) is 30.3 Å². The van der Waals surface area contributed by atoms with Crippen LogP contribution in [0.2, 0.25) is 5.02 Å². The van der Waals surface area contributed by atoms with Crippen molar-refractivity contribution < 1.29 is 9.18 Å². The van der Waals surface area contributed by atoms with Crippen molar-refractivity contribution in [3.8, 4) is 17.2 Å². The molecule has 4 aromatic rings. The van der Waals surface area contributed by atoms with E-state index in [1.807, 2.05) is 44.9 Å². The highest BCUT2D eigenvalue weighted by Crippen LogP contribution is 2.43. The summed E-state index contributed by atoms with van der Waals surface area (Å²) in [6.07, 6.45) is 4.46. The molecule has 1 fully saturated rings. The number of nitriles is 1. The average molecular weight is 517 g/mol. The van der Waals surface area contributed by atoms with Gasteiger partial charge in [0.25, 0.3) is 0 Å². The molecular weight excluding hydrogens is 491 g/mol. The Morgan fingerprint density at radius 3 is 2.59 bits per heavy atom. The normalized spacial score (nSPS) is 17.9. The van der Waals surface area contributed by atoms with E-state index >= 15 is 4.39 Å². The lowest BCUT2D eigenvalue weighted by Crippen LogP contribution is -2.58. The second-order valence-corrected chi connectivity index (χ2v) is 10.00. The third-order valence-corrected chi connectivity index (χ3v) is 7.47. The lowest BCUT2D eigenvalue weighted by atomic mass is 9.95. The molecule has 1 saturated heterocycles. The van der Waals surface area contributed by atoms with E-state index in [4.69, 9.17) is 11.6 Å². The minimum Gasteiger partial charge on any atom is -0.366 e. The molecule has 0 aliphatic carbocycles. The molecule has 7 nitrogen and oxygen atoms in total. The molecule has 2 aromatic carbocycles. The number of carbonyl (C=O) groups excluding carboxylic acids is 1. The topological polar surface area (TPSA) is 78.1 Å². The van der Waals surface area contributed by atoms with E-state index in [1.165, 1.54) is 12.3 Å². The number of anilines is 1. The molecule has 0 N–H and O–H groups in total. The smallest absolute Gasteiger partial charge is 0.246 e. The third kappa shape index (κ3) is 3.82. The molecule has 0 spiro atoms. The number of hydrogen-bond acceptors (Lipinski definition) is 5. The fraction of sp³-hybridized carbons (Fsp3) is 0.286. The Balaban J connectivity index is 1.73. The molecule has 0 bridgehead atoms. The van der Waals surface area contributed by atoms with Crippen LogP contribution < -0.4 is 4.90 Å². The summed E-state index contributed by atoms with van der Waals surface area (Å²) in [7, 11) is 1.81. The summed E-state index contributed by atoms with van der Waals surface area (Å²) >= 11 is 6.82. The van der Waals surface area contributed by atoms with Crippen LogP contribution in [0, 0.1) is 24.1 Å². The number of carbonyl (C=O) groups is 1. The Labute approximate surface area is 219 Å². The molecule has 188 valence electrons. The number of nitrogens with zero attached hydrogens (tertiary/aromatic N) is 6. The second-order valence-electron chi connectivity index (χ2n) is 9.59. The number of halogens is 2. The maximum Gasteiger partial charge on any atom is 0.246 e. The molecule has 0 radical (unpaired) electrons. The van der Waals surface area contributed by atoms with Crippen molar-refractivity contribution in [3.05, 3.63) is 65.2 Å². The van der Waals surface area contributed by atoms with Crippen molar-refractivity contribution in [3.63, 3.8) is 0 Å². The van der Waals surface area contributed by atoms with Gasteiger partial charge in [0.1, 0.15) is 11.6 Å². The molecule has 0 unspecified atom stereocenters. The van der Waals surface area contributed by atoms with Crippen molar-refractivity contribution in [2.45, 2.75) is 32.9 Å². The lowest BCUT2D eigenvalue weighted by molar-refractivity contribution is -0.130. The number of benzene rings is 2. The summed E-state index contributed by atoms with van der Waals surface area (Å²) in [6, 6.07) is 7.48. The summed E-state index contributed by atoms with van der Waals surface area (Å²) in [4.78, 5) is 20.6. The SMILES string of the molecule is C=CC(=O)N1[C@H](C)CN(c2c(C#N)cnc3c(F)c(-c4c(C)ccc5cnn(C)c45)c(Cl)cc23)C[C@@H]1C. The third-order valence-electron chi connectivity index (χ3n) is 7.17. The Bertz CT molecular complexity index is 1630. The van der Waals surface area contributed by atoms with Gasteiger partial charge in [0.05, 0.1) is 28.0 Å². The number of pyridine rings is 1. The van der Waals surface area contributed by atoms with Crippen molar-refractivity contribution in [2.24, 2.45) is 7.05 Å². The van der Waals surface area contributed by atoms with Crippen LogP contribution >= 0.6 is 11.6 Å². The van der Waals surface area contributed by atoms with E-state index in [2.05, 4.69) is 22.7 Å². The first-order chi connectivity index (χ1) is 17.7. The van der Waals surface area contributed by atoms with Gasteiger partial charge in [-0.2, -0.15) is 10.4 Å². The van der Waals surface area contributed by atoms with Crippen molar-refractivity contribution in [1.29, 1.82) is 5.26 Å². The van der Waals surface area contributed by atoms with E-state index < -0.39 is 5.82 Å². The van der Waals surface area contributed by atoms with Gasteiger partial charge in [0.15, 0.2) is 5.82 Å². The molecule has 1 aliphatic rings. The Morgan fingerprint density at radius 2 is 1.95 bits per heavy atom. The van der Waals surface area contributed by atoms with Gasteiger partial charge in [0.2, 0.25) is 5.91 Å². The lowest BCUT2D eigenvalue weighted by Gasteiger charge is -2.45. The van der Waals surface area contributed by atoms with Crippen molar-refractivity contribution >= 4 is 45.0 Å². The maximum atomic E-state index is 16.4. The summed E-state index contributed by atoms with van der Waals surface area (Å²) in [5.41, 5.74) is 3.58. The van der Waals surface area contributed by atoms with Crippen LogP contribution in [0.15, 0.2) is 43.2 Å². The van der Waals surface area contributed by atoms with E-state index in [-0.39, 0.29) is 34.1 Å². The largest absolute Gasteiger partial charge is 0.366 e. The summed E-state index contributed by atoms with van der Waals surface area (Å²) in [5.74, 6) is -0.690. The Morgan fingerprint density at radius 1 is 1.24 bits per heavy atom.